The highest BCUT2D eigenvalue weighted by Crippen LogP contribution is 2.16. The molecule has 1 saturated carbocycles. The summed E-state index contributed by atoms with van der Waals surface area (Å²) in [6, 6.07) is 7.72. The maximum Gasteiger partial charge on any atom is 0.277 e. The molecule has 0 aromatic heterocycles. The van der Waals surface area contributed by atoms with Crippen LogP contribution in [-0.2, 0) is 9.59 Å². The second-order valence-corrected chi connectivity index (χ2v) is 7.07. The molecular formula is C20H32N3O3+. The van der Waals surface area contributed by atoms with E-state index in [1.807, 2.05) is 12.1 Å². The highest BCUT2D eigenvalue weighted by molar-refractivity contribution is 5.94. The average Bonchev–Trinajstić information content (AvgIpc) is 2.60. The third-order valence-corrected chi connectivity index (χ3v) is 4.94. The summed E-state index contributed by atoms with van der Waals surface area (Å²) in [5.74, 6) is 0.467. The Kier molecular flexibility index (Phi) is 8.41. The Morgan fingerprint density at radius 2 is 1.88 bits per heavy atom. The molecule has 144 valence electrons. The largest absolute Gasteiger partial charge is 0.497 e. The van der Waals surface area contributed by atoms with Gasteiger partial charge in [-0.3, -0.25) is 9.59 Å². The zero-order chi connectivity index (χ0) is 18.8. The van der Waals surface area contributed by atoms with Crippen LogP contribution in [0.3, 0.4) is 0 Å². The third-order valence-electron chi connectivity index (χ3n) is 4.94. The zero-order valence-electron chi connectivity index (χ0n) is 16.0. The van der Waals surface area contributed by atoms with Gasteiger partial charge >= 0.3 is 0 Å². The molecule has 2 amide bonds. The number of amides is 2. The van der Waals surface area contributed by atoms with Crippen LogP contribution in [-0.4, -0.2) is 50.0 Å². The summed E-state index contributed by atoms with van der Waals surface area (Å²) in [4.78, 5) is 26.0. The van der Waals surface area contributed by atoms with Crippen LogP contribution in [0.4, 0.5) is 5.69 Å². The first-order chi connectivity index (χ1) is 12.6. The summed E-state index contributed by atoms with van der Waals surface area (Å²) in [5, 5.41) is 4.96. The first-order valence-electron chi connectivity index (χ1n) is 9.59. The van der Waals surface area contributed by atoms with Gasteiger partial charge in [-0.05, 0) is 37.8 Å². The van der Waals surface area contributed by atoms with Gasteiger partial charge in [0, 0.05) is 18.8 Å². The second kappa shape index (κ2) is 10.8. The molecular weight excluding hydrogens is 330 g/mol. The topological polar surface area (TPSA) is 75.2 Å². The van der Waals surface area contributed by atoms with E-state index in [9.17, 15) is 9.59 Å². The molecule has 0 heterocycles. The van der Waals surface area contributed by atoms with Crippen LogP contribution in [0.25, 0.3) is 0 Å². The van der Waals surface area contributed by atoms with Crippen LogP contribution in [0, 0.1) is 0 Å². The molecule has 26 heavy (non-hydrogen) atoms. The summed E-state index contributed by atoms with van der Waals surface area (Å²) in [6.07, 6.45) is 8.85. The van der Waals surface area contributed by atoms with Gasteiger partial charge in [0.05, 0.1) is 19.7 Å². The molecule has 0 radical (unpaired) electrons. The molecule has 1 aromatic rings. The SMILES string of the molecule is COc1cccc(NC(=O)CN(C)C(=O)C[NH2+]C2CCCCCCC2)c1. The number of carbonyl (C=O) groups excluding carboxylic acids is 2. The molecule has 0 atom stereocenters. The van der Waals surface area contributed by atoms with Gasteiger partial charge in [0.1, 0.15) is 5.75 Å². The normalized spacial score (nSPS) is 15.6. The van der Waals surface area contributed by atoms with Crippen LogP contribution in [0.15, 0.2) is 24.3 Å². The predicted octanol–water partition coefficient (Wildman–Crippen LogP) is 1.77. The molecule has 0 aliphatic heterocycles. The zero-order valence-corrected chi connectivity index (χ0v) is 16.0. The quantitative estimate of drug-likeness (QED) is 0.776. The first-order valence-corrected chi connectivity index (χ1v) is 9.59. The highest BCUT2D eigenvalue weighted by atomic mass is 16.5. The van der Waals surface area contributed by atoms with Gasteiger partial charge < -0.3 is 20.3 Å². The van der Waals surface area contributed by atoms with Crippen molar-refractivity contribution >= 4 is 17.5 Å². The summed E-state index contributed by atoms with van der Waals surface area (Å²) in [5.41, 5.74) is 0.663. The second-order valence-electron chi connectivity index (χ2n) is 7.07. The van der Waals surface area contributed by atoms with E-state index in [-0.39, 0.29) is 18.4 Å². The fourth-order valence-electron chi connectivity index (χ4n) is 3.35. The van der Waals surface area contributed by atoms with Gasteiger partial charge in [0.2, 0.25) is 5.91 Å². The van der Waals surface area contributed by atoms with E-state index in [4.69, 9.17) is 4.74 Å². The standard InChI is InChI=1S/C20H31N3O3/c1-23(15-19(24)22-17-11-8-12-18(13-17)26-2)20(25)14-21-16-9-6-4-3-5-7-10-16/h8,11-13,16,21H,3-7,9-10,14-15H2,1-2H3,(H,22,24)/p+1. The van der Waals surface area contributed by atoms with Gasteiger partial charge in [0.25, 0.3) is 5.91 Å². The minimum absolute atomic E-state index is 0.00662. The molecule has 3 N–H and O–H groups in total. The van der Waals surface area contributed by atoms with E-state index >= 15 is 0 Å². The van der Waals surface area contributed by atoms with Gasteiger partial charge in [-0.25, -0.2) is 0 Å². The van der Waals surface area contributed by atoms with Gasteiger partial charge in [0.15, 0.2) is 6.54 Å². The van der Waals surface area contributed by atoms with Crippen LogP contribution in [0.5, 0.6) is 5.75 Å². The molecule has 6 heteroatoms. The van der Waals surface area contributed by atoms with E-state index in [0.717, 1.165) is 0 Å². The number of carbonyl (C=O) groups is 2. The fourth-order valence-corrected chi connectivity index (χ4v) is 3.35. The van der Waals surface area contributed by atoms with E-state index in [1.165, 1.54) is 49.8 Å². The Bertz CT molecular complexity index is 583. The number of ether oxygens (including phenoxy) is 1. The lowest BCUT2D eigenvalue weighted by Crippen LogP contribution is -2.92. The number of hydrogen-bond acceptors (Lipinski definition) is 3. The smallest absolute Gasteiger partial charge is 0.277 e. The van der Waals surface area contributed by atoms with Crippen molar-refractivity contribution in [2.45, 2.75) is 51.0 Å². The van der Waals surface area contributed by atoms with Crippen LogP contribution < -0.4 is 15.4 Å². The molecule has 0 unspecified atom stereocenters. The highest BCUT2D eigenvalue weighted by Gasteiger charge is 2.19. The Morgan fingerprint density at radius 1 is 1.19 bits per heavy atom. The van der Waals surface area contributed by atoms with Crippen molar-refractivity contribution in [3.8, 4) is 5.75 Å². The van der Waals surface area contributed by atoms with E-state index in [2.05, 4.69) is 10.6 Å². The lowest BCUT2D eigenvalue weighted by Gasteiger charge is -2.20. The predicted molar refractivity (Wildman–Crippen MR) is 102 cm³/mol. The Hall–Kier alpha value is -2.08. The molecule has 2 rings (SSSR count). The van der Waals surface area contributed by atoms with Crippen molar-refractivity contribution in [3.05, 3.63) is 24.3 Å². The number of benzene rings is 1. The number of nitrogens with one attached hydrogen (secondary N) is 1. The maximum absolute atomic E-state index is 12.3. The van der Waals surface area contributed by atoms with Crippen molar-refractivity contribution in [2.75, 3.05) is 32.6 Å². The average molecular weight is 362 g/mol. The minimum Gasteiger partial charge on any atom is -0.497 e. The van der Waals surface area contributed by atoms with Crippen molar-refractivity contribution in [1.82, 2.24) is 4.90 Å². The molecule has 1 aliphatic rings. The monoisotopic (exact) mass is 362 g/mol. The number of nitrogens with two attached hydrogens (primary N) is 1. The van der Waals surface area contributed by atoms with Crippen molar-refractivity contribution in [3.63, 3.8) is 0 Å². The van der Waals surface area contributed by atoms with Crippen molar-refractivity contribution in [2.24, 2.45) is 0 Å². The van der Waals surface area contributed by atoms with Crippen LogP contribution in [0.2, 0.25) is 0 Å². The van der Waals surface area contributed by atoms with Crippen LogP contribution >= 0.6 is 0 Å². The molecule has 6 nitrogen and oxygen atoms in total. The number of methoxy groups -OCH3 is 1. The summed E-state index contributed by atoms with van der Waals surface area (Å²) in [6.45, 7) is 0.460. The van der Waals surface area contributed by atoms with Crippen molar-refractivity contribution in [1.29, 1.82) is 0 Å². The van der Waals surface area contributed by atoms with Gasteiger partial charge in [-0.1, -0.05) is 25.3 Å². The minimum atomic E-state index is -0.208. The number of likely N-dealkylation sites (N-methyl/N-ethyl adjacent to an activating group) is 1. The van der Waals surface area contributed by atoms with Gasteiger partial charge in [-0.15, -0.1) is 0 Å². The van der Waals surface area contributed by atoms with E-state index < -0.39 is 0 Å². The Balaban J connectivity index is 1.73. The molecule has 0 bridgehead atoms. The van der Waals surface area contributed by atoms with E-state index in [1.54, 1.807) is 26.3 Å². The summed E-state index contributed by atoms with van der Waals surface area (Å²) < 4.78 is 5.14. The number of nitrogens with zero attached hydrogens (tertiary/aromatic N) is 1. The number of rotatable bonds is 7. The fraction of sp³-hybridized carbons (Fsp3) is 0.600. The van der Waals surface area contributed by atoms with Gasteiger partial charge in [-0.2, -0.15) is 0 Å². The lowest BCUT2D eigenvalue weighted by molar-refractivity contribution is -0.681. The van der Waals surface area contributed by atoms with E-state index in [0.29, 0.717) is 24.0 Å². The number of hydrogen-bond donors (Lipinski definition) is 2. The summed E-state index contributed by atoms with van der Waals surface area (Å²) >= 11 is 0. The van der Waals surface area contributed by atoms with Crippen molar-refractivity contribution < 1.29 is 19.6 Å². The molecule has 0 spiro atoms. The van der Waals surface area contributed by atoms with Crippen LogP contribution in [0.1, 0.15) is 44.9 Å². The molecule has 1 aromatic carbocycles. The summed E-state index contributed by atoms with van der Waals surface area (Å²) in [7, 11) is 3.26. The number of anilines is 1. The first kappa shape index (κ1) is 20.2. The maximum atomic E-state index is 12.3. The lowest BCUT2D eigenvalue weighted by atomic mass is 9.97. The third kappa shape index (κ3) is 7.04. The Labute approximate surface area is 156 Å². The molecule has 1 aliphatic carbocycles. The number of quaternary nitrogens is 1. The molecule has 0 saturated heterocycles. The molecule has 1 fully saturated rings. The Morgan fingerprint density at radius 3 is 2.58 bits per heavy atom.